The van der Waals surface area contributed by atoms with E-state index in [0.29, 0.717) is 35.5 Å². The molecular formula is C27H30N8O2. The van der Waals surface area contributed by atoms with Gasteiger partial charge < -0.3 is 4.90 Å². The van der Waals surface area contributed by atoms with Crippen LogP contribution in [0, 0.1) is 18.8 Å². The molecule has 37 heavy (non-hydrogen) atoms. The van der Waals surface area contributed by atoms with E-state index in [1.165, 1.54) is 22.0 Å². The molecule has 6 rings (SSSR count). The fourth-order valence-electron chi connectivity index (χ4n) is 5.73. The van der Waals surface area contributed by atoms with Gasteiger partial charge in [-0.3, -0.25) is 23.4 Å². The largest absolute Gasteiger partial charge is 0.339 e. The molecule has 0 amide bonds. The summed E-state index contributed by atoms with van der Waals surface area (Å²) < 4.78 is 4.54. The van der Waals surface area contributed by atoms with Gasteiger partial charge >= 0.3 is 5.69 Å². The van der Waals surface area contributed by atoms with Crippen molar-refractivity contribution in [3.8, 4) is 11.8 Å². The van der Waals surface area contributed by atoms with E-state index < -0.39 is 11.2 Å². The van der Waals surface area contributed by atoms with E-state index in [9.17, 15) is 9.59 Å². The summed E-state index contributed by atoms with van der Waals surface area (Å²) in [5.41, 5.74) is 1.51. The van der Waals surface area contributed by atoms with Crippen LogP contribution in [0.2, 0.25) is 0 Å². The smallest absolute Gasteiger partial charge is 0.332 e. The van der Waals surface area contributed by atoms with E-state index in [-0.39, 0.29) is 6.54 Å². The van der Waals surface area contributed by atoms with Gasteiger partial charge in [0.2, 0.25) is 5.95 Å². The minimum Gasteiger partial charge on any atom is -0.339 e. The standard InChI is InChI=1S/C27H30N8O2/c1-4-5-13-34-23-24(30-26(34)33-15-14-32-12-8-9-19(32)16-33)31(3)27(37)35(25(23)36)17-22-28-18(2)20-10-6-7-11-21(20)29-22/h6-7,10-11,19H,8-9,12-17H2,1-3H3/t19-/m0/s1. The second kappa shape index (κ2) is 9.16. The van der Waals surface area contributed by atoms with E-state index in [2.05, 4.69) is 31.6 Å². The quantitative estimate of drug-likeness (QED) is 0.394. The molecule has 4 aromatic rings. The SMILES string of the molecule is CC#CCn1c(N2CCN3CCC[C@H]3C2)nc2c1c(=O)n(Cc1nc(C)c3ccccc3n1)c(=O)n2C. The van der Waals surface area contributed by atoms with Crippen molar-refractivity contribution in [1.29, 1.82) is 0 Å². The molecule has 2 aliphatic heterocycles. The van der Waals surface area contributed by atoms with Gasteiger partial charge in [-0.1, -0.05) is 24.1 Å². The van der Waals surface area contributed by atoms with Crippen LogP contribution >= 0.6 is 0 Å². The predicted molar refractivity (Wildman–Crippen MR) is 143 cm³/mol. The fraction of sp³-hybridized carbons (Fsp3) is 0.444. The maximum Gasteiger partial charge on any atom is 0.332 e. The number of fused-ring (bicyclic) bond motifs is 3. The van der Waals surface area contributed by atoms with Crippen molar-refractivity contribution in [2.24, 2.45) is 7.05 Å². The number of anilines is 1. The highest BCUT2D eigenvalue weighted by Crippen LogP contribution is 2.27. The lowest BCUT2D eigenvalue weighted by atomic mass is 10.2. The van der Waals surface area contributed by atoms with Gasteiger partial charge in [0.05, 0.1) is 18.6 Å². The van der Waals surface area contributed by atoms with Crippen molar-refractivity contribution in [2.75, 3.05) is 31.1 Å². The molecule has 0 bridgehead atoms. The van der Waals surface area contributed by atoms with Gasteiger partial charge in [-0.25, -0.2) is 14.8 Å². The molecule has 0 N–H and O–H groups in total. The Morgan fingerprint density at radius 2 is 1.89 bits per heavy atom. The molecule has 1 atom stereocenters. The molecule has 2 aliphatic rings. The average molecular weight is 499 g/mol. The molecule has 0 spiro atoms. The first kappa shape index (κ1) is 23.4. The topological polar surface area (TPSA) is 94.1 Å². The van der Waals surface area contributed by atoms with Crippen LogP contribution in [0.4, 0.5) is 5.95 Å². The van der Waals surface area contributed by atoms with Crippen LogP contribution < -0.4 is 16.1 Å². The van der Waals surface area contributed by atoms with Crippen LogP contribution in [0.3, 0.4) is 0 Å². The number of nitrogens with zero attached hydrogens (tertiary/aromatic N) is 8. The molecule has 10 heteroatoms. The van der Waals surface area contributed by atoms with Crippen molar-refractivity contribution < 1.29 is 0 Å². The molecule has 0 saturated carbocycles. The first-order chi connectivity index (χ1) is 18.0. The maximum atomic E-state index is 13.9. The zero-order chi connectivity index (χ0) is 25.7. The summed E-state index contributed by atoms with van der Waals surface area (Å²) >= 11 is 0. The van der Waals surface area contributed by atoms with E-state index in [4.69, 9.17) is 4.98 Å². The number of hydrogen-bond acceptors (Lipinski definition) is 7. The van der Waals surface area contributed by atoms with Gasteiger partial charge in [-0.15, -0.1) is 5.92 Å². The Morgan fingerprint density at radius 3 is 2.73 bits per heavy atom. The van der Waals surface area contributed by atoms with Crippen LogP contribution in [0.15, 0.2) is 33.9 Å². The van der Waals surface area contributed by atoms with Gasteiger partial charge in [0.25, 0.3) is 5.56 Å². The average Bonchev–Trinajstić information content (AvgIpc) is 3.53. The molecule has 0 radical (unpaired) electrons. The Kier molecular flexibility index (Phi) is 5.80. The van der Waals surface area contributed by atoms with Crippen LogP contribution in [0.1, 0.15) is 31.3 Å². The number of rotatable bonds is 4. The van der Waals surface area contributed by atoms with E-state index in [1.807, 2.05) is 35.8 Å². The summed E-state index contributed by atoms with van der Waals surface area (Å²) in [7, 11) is 1.66. The van der Waals surface area contributed by atoms with Gasteiger partial charge in [0, 0.05) is 43.8 Å². The second-order valence-corrected chi connectivity index (χ2v) is 9.85. The number of benzene rings is 1. The molecule has 10 nitrogen and oxygen atoms in total. The molecular weight excluding hydrogens is 468 g/mol. The van der Waals surface area contributed by atoms with E-state index in [1.54, 1.807) is 14.0 Å². The van der Waals surface area contributed by atoms with Crippen molar-refractivity contribution in [2.45, 2.75) is 45.8 Å². The number of piperazine rings is 1. The van der Waals surface area contributed by atoms with Crippen molar-refractivity contribution in [3.05, 3.63) is 56.6 Å². The summed E-state index contributed by atoms with van der Waals surface area (Å²) in [6.45, 7) is 7.79. The third-order valence-electron chi connectivity index (χ3n) is 7.64. The lowest BCUT2D eigenvalue weighted by molar-refractivity contribution is 0.229. The minimum absolute atomic E-state index is 0.0200. The number of imidazole rings is 1. The Hall–Kier alpha value is -3.97. The van der Waals surface area contributed by atoms with Crippen molar-refractivity contribution in [3.63, 3.8) is 0 Å². The lowest BCUT2D eigenvalue weighted by Crippen LogP contribution is -2.51. The summed E-state index contributed by atoms with van der Waals surface area (Å²) in [5, 5.41) is 0.949. The first-order valence-electron chi connectivity index (χ1n) is 12.8. The molecule has 2 saturated heterocycles. The molecule has 2 fully saturated rings. The zero-order valence-electron chi connectivity index (χ0n) is 21.4. The summed E-state index contributed by atoms with van der Waals surface area (Å²) in [6, 6.07) is 8.22. The Labute approximate surface area is 214 Å². The molecule has 1 aromatic carbocycles. The number of aryl methyl sites for hydroxylation is 2. The molecule has 3 aromatic heterocycles. The summed E-state index contributed by atoms with van der Waals surface area (Å²) in [6.07, 6.45) is 2.38. The van der Waals surface area contributed by atoms with Crippen LogP contribution in [0.25, 0.3) is 22.1 Å². The van der Waals surface area contributed by atoms with Crippen molar-refractivity contribution in [1.82, 2.24) is 33.6 Å². The molecule has 5 heterocycles. The summed E-state index contributed by atoms with van der Waals surface area (Å²) in [4.78, 5) is 46.1. The number of hydrogen-bond donors (Lipinski definition) is 0. The molecule has 0 aliphatic carbocycles. The van der Waals surface area contributed by atoms with Crippen LogP contribution in [0.5, 0.6) is 0 Å². The highest BCUT2D eigenvalue weighted by molar-refractivity contribution is 5.80. The number of para-hydroxylation sites is 1. The Bertz CT molecular complexity index is 1700. The van der Waals surface area contributed by atoms with Gasteiger partial charge in [-0.05, 0) is 39.3 Å². The normalized spacial score (nSPS) is 17.8. The van der Waals surface area contributed by atoms with Gasteiger partial charge in [0.15, 0.2) is 11.2 Å². The first-order valence-corrected chi connectivity index (χ1v) is 12.8. The lowest BCUT2D eigenvalue weighted by Gasteiger charge is -2.38. The highest BCUT2D eigenvalue weighted by Gasteiger charge is 2.33. The zero-order valence-corrected chi connectivity index (χ0v) is 21.4. The Morgan fingerprint density at radius 1 is 1.05 bits per heavy atom. The van der Waals surface area contributed by atoms with Crippen LogP contribution in [-0.2, 0) is 20.1 Å². The van der Waals surface area contributed by atoms with E-state index in [0.717, 1.165) is 42.8 Å². The second-order valence-electron chi connectivity index (χ2n) is 9.85. The molecule has 190 valence electrons. The third kappa shape index (κ3) is 3.90. The third-order valence-corrected chi connectivity index (χ3v) is 7.64. The van der Waals surface area contributed by atoms with Gasteiger partial charge in [0.1, 0.15) is 5.82 Å². The number of aromatic nitrogens is 6. The minimum atomic E-state index is -0.440. The highest BCUT2D eigenvalue weighted by atomic mass is 16.2. The predicted octanol–water partition coefficient (Wildman–Crippen LogP) is 1.50. The van der Waals surface area contributed by atoms with Crippen LogP contribution in [-0.4, -0.2) is 65.8 Å². The van der Waals surface area contributed by atoms with E-state index >= 15 is 0 Å². The monoisotopic (exact) mass is 498 g/mol. The van der Waals surface area contributed by atoms with Gasteiger partial charge in [-0.2, -0.15) is 4.98 Å². The summed E-state index contributed by atoms with van der Waals surface area (Å²) in [5.74, 6) is 7.16. The fourth-order valence-corrected chi connectivity index (χ4v) is 5.73. The van der Waals surface area contributed by atoms with Crippen molar-refractivity contribution >= 4 is 28.0 Å². The molecule has 0 unspecified atom stereocenters. The Balaban J connectivity index is 1.49. The maximum absolute atomic E-state index is 13.9.